The molecule has 0 aromatic heterocycles. The first-order valence-electron chi connectivity index (χ1n) is 7.72. The van der Waals surface area contributed by atoms with E-state index >= 15 is 0 Å². The number of benzene rings is 2. The van der Waals surface area contributed by atoms with Crippen LogP contribution in [-0.4, -0.2) is 5.11 Å². The van der Waals surface area contributed by atoms with Crippen LogP contribution in [-0.2, 0) is 18.4 Å². The molecule has 0 radical (unpaired) electrons. The van der Waals surface area contributed by atoms with E-state index in [1.54, 1.807) is 0 Å². The van der Waals surface area contributed by atoms with Crippen LogP contribution >= 0.6 is 0 Å². The van der Waals surface area contributed by atoms with E-state index in [1.165, 1.54) is 27.8 Å². The van der Waals surface area contributed by atoms with Gasteiger partial charge in [-0.05, 0) is 61.9 Å². The number of aryl methyl sites for hydroxylation is 4. The van der Waals surface area contributed by atoms with Crippen molar-refractivity contribution in [1.82, 2.24) is 0 Å². The Hall–Kier alpha value is -1.60. The Morgan fingerprint density at radius 3 is 1.95 bits per heavy atom. The SMILES string of the molecule is CCc1ccc(C(C)(O)Cc2c(C)cc(C)cc2C)cc1. The van der Waals surface area contributed by atoms with Crippen molar-refractivity contribution in [2.24, 2.45) is 0 Å². The van der Waals surface area contributed by atoms with Crippen LogP contribution < -0.4 is 0 Å². The van der Waals surface area contributed by atoms with Crippen LogP contribution in [0.1, 0.15) is 47.2 Å². The molecule has 2 aromatic rings. The van der Waals surface area contributed by atoms with Crippen molar-refractivity contribution in [3.63, 3.8) is 0 Å². The maximum atomic E-state index is 10.9. The topological polar surface area (TPSA) is 20.2 Å². The van der Waals surface area contributed by atoms with Crippen molar-refractivity contribution in [3.8, 4) is 0 Å². The summed E-state index contributed by atoms with van der Waals surface area (Å²) >= 11 is 0. The van der Waals surface area contributed by atoms with Gasteiger partial charge in [-0.25, -0.2) is 0 Å². The normalized spacial score (nSPS) is 14.0. The van der Waals surface area contributed by atoms with Crippen LogP contribution in [0.15, 0.2) is 36.4 Å². The summed E-state index contributed by atoms with van der Waals surface area (Å²) in [5, 5.41) is 10.9. The van der Waals surface area contributed by atoms with Crippen LogP contribution in [0.4, 0.5) is 0 Å². The van der Waals surface area contributed by atoms with Crippen molar-refractivity contribution in [3.05, 3.63) is 69.8 Å². The predicted octanol–water partition coefficient (Wildman–Crippen LogP) is 4.62. The van der Waals surface area contributed by atoms with E-state index in [0.29, 0.717) is 6.42 Å². The second-order valence-corrected chi connectivity index (χ2v) is 6.38. The van der Waals surface area contributed by atoms with Crippen molar-refractivity contribution in [2.75, 3.05) is 0 Å². The van der Waals surface area contributed by atoms with Gasteiger partial charge >= 0.3 is 0 Å². The molecular formula is C20H26O. The zero-order valence-corrected chi connectivity index (χ0v) is 13.8. The standard InChI is InChI=1S/C20H26O/c1-6-17-7-9-18(10-8-17)20(5,21)13-19-15(3)11-14(2)12-16(19)4/h7-12,21H,6,13H2,1-5H3. The van der Waals surface area contributed by atoms with Gasteiger partial charge in [0.15, 0.2) is 0 Å². The average Bonchev–Trinajstić information content (AvgIpc) is 2.43. The van der Waals surface area contributed by atoms with Crippen LogP contribution in [0.25, 0.3) is 0 Å². The quantitative estimate of drug-likeness (QED) is 0.867. The molecular weight excluding hydrogens is 256 g/mol. The van der Waals surface area contributed by atoms with E-state index in [2.05, 4.69) is 64.1 Å². The fraction of sp³-hybridized carbons (Fsp3) is 0.400. The molecule has 0 amide bonds. The monoisotopic (exact) mass is 282 g/mol. The third-order valence-corrected chi connectivity index (χ3v) is 4.35. The second kappa shape index (κ2) is 6.03. The number of rotatable bonds is 4. The van der Waals surface area contributed by atoms with Gasteiger partial charge < -0.3 is 5.11 Å². The molecule has 112 valence electrons. The first kappa shape index (κ1) is 15.8. The minimum atomic E-state index is -0.836. The lowest BCUT2D eigenvalue weighted by Crippen LogP contribution is -2.25. The Labute approximate surface area is 128 Å². The maximum Gasteiger partial charge on any atom is 0.0908 e. The lowest BCUT2D eigenvalue weighted by Gasteiger charge is -2.26. The van der Waals surface area contributed by atoms with Gasteiger partial charge in [-0.3, -0.25) is 0 Å². The number of aliphatic hydroxyl groups is 1. The highest BCUT2D eigenvalue weighted by Crippen LogP contribution is 2.29. The lowest BCUT2D eigenvalue weighted by atomic mass is 9.85. The smallest absolute Gasteiger partial charge is 0.0908 e. The summed E-state index contributed by atoms with van der Waals surface area (Å²) in [6, 6.07) is 12.7. The summed E-state index contributed by atoms with van der Waals surface area (Å²) in [6.07, 6.45) is 1.68. The van der Waals surface area contributed by atoms with Gasteiger partial charge in [0.05, 0.1) is 5.60 Å². The second-order valence-electron chi connectivity index (χ2n) is 6.38. The minimum Gasteiger partial charge on any atom is -0.385 e. The van der Waals surface area contributed by atoms with Gasteiger partial charge in [0.1, 0.15) is 0 Å². The molecule has 1 atom stereocenters. The predicted molar refractivity (Wildman–Crippen MR) is 89.7 cm³/mol. The van der Waals surface area contributed by atoms with Crippen molar-refractivity contribution >= 4 is 0 Å². The van der Waals surface area contributed by atoms with Crippen LogP contribution in [0.3, 0.4) is 0 Å². The van der Waals surface area contributed by atoms with E-state index in [4.69, 9.17) is 0 Å². The highest BCUT2D eigenvalue weighted by atomic mass is 16.3. The Morgan fingerprint density at radius 1 is 0.952 bits per heavy atom. The highest BCUT2D eigenvalue weighted by molar-refractivity contribution is 5.39. The zero-order valence-electron chi connectivity index (χ0n) is 13.8. The summed E-state index contributed by atoms with van der Waals surface area (Å²) in [7, 11) is 0. The van der Waals surface area contributed by atoms with Crippen molar-refractivity contribution in [2.45, 2.75) is 53.1 Å². The van der Waals surface area contributed by atoms with Gasteiger partial charge in [0, 0.05) is 6.42 Å². The van der Waals surface area contributed by atoms with Crippen molar-refractivity contribution < 1.29 is 5.11 Å². The first-order chi connectivity index (χ1) is 9.83. The van der Waals surface area contributed by atoms with Crippen molar-refractivity contribution in [1.29, 1.82) is 0 Å². The van der Waals surface area contributed by atoms with Crippen LogP contribution in [0.5, 0.6) is 0 Å². The zero-order chi connectivity index (χ0) is 15.6. The molecule has 0 heterocycles. The largest absolute Gasteiger partial charge is 0.385 e. The highest BCUT2D eigenvalue weighted by Gasteiger charge is 2.25. The first-order valence-corrected chi connectivity index (χ1v) is 7.72. The third-order valence-electron chi connectivity index (χ3n) is 4.35. The molecule has 1 heteroatoms. The van der Waals surface area contributed by atoms with Gasteiger partial charge in [0.25, 0.3) is 0 Å². The molecule has 1 unspecified atom stereocenters. The molecule has 0 aliphatic heterocycles. The molecule has 2 aromatic carbocycles. The molecule has 2 rings (SSSR count). The Kier molecular flexibility index (Phi) is 4.53. The van der Waals surface area contributed by atoms with E-state index in [9.17, 15) is 5.11 Å². The lowest BCUT2D eigenvalue weighted by molar-refractivity contribution is 0.0573. The molecule has 0 aliphatic carbocycles. The van der Waals surface area contributed by atoms with Crippen LogP contribution in [0, 0.1) is 20.8 Å². The molecule has 0 spiro atoms. The van der Waals surface area contributed by atoms with E-state index < -0.39 is 5.60 Å². The summed E-state index contributed by atoms with van der Waals surface area (Å²) in [5.41, 5.74) is 6.51. The number of hydrogen-bond acceptors (Lipinski definition) is 1. The van der Waals surface area contributed by atoms with Crippen LogP contribution in [0.2, 0.25) is 0 Å². The van der Waals surface area contributed by atoms with Gasteiger partial charge in [-0.15, -0.1) is 0 Å². The molecule has 21 heavy (non-hydrogen) atoms. The molecule has 0 saturated carbocycles. The molecule has 0 fully saturated rings. The van der Waals surface area contributed by atoms with Gasteiger partial charge in [-0.2, -0.15) is 0 Å². The van der Waals surface area contributed by atoms with Gasteiger partial charge in [-0.1, -0.05) is 48.9 Å². The summed E-state index contributed by atoms with van der Waals surface area (Å²) < 4.78 is 0. The third kappa shape index (κ3) is 3.54. The summed E-state index contributed by atoms with van der Waals surface area (Å²) in [4.78, 5) is 0. The van der Waals surface area contributed by atoms with E-state index in [1.807, 2.05) is 6.92 Å². The molecule has 0 saturated heterocycles. The molecule has 0 bridgehead atoms. The molecule has 1 nitrogen and oxygen atoms in total. The Bertz CT molecular complexity index is 598. The number of hydrogen-bond donors (Lipinski definition) is 1. The molecule has 1 N–H and O–H groups in total. The minimum absolute atomic E-state index is 0.649. The maximum absolute atomic E-state index is 10.9. The van der Waals surface area contributed by atoms with E-state index in [0.717, 1.165) is 12.0 Å². The van der Waals surface area contributed by atoms with Gasteiger partial charge in [0.2, 0.25) is 0 Å². The molecule has 0 aliphatic rings. The summed E-state index contributed by atoms with van der Waals surface area (Å²) in [5.74, 6) is 0. The Balaban J connectivity index is 2.32. The fourth-order valence-electron chi connectivity index (χ4n) is 3.03. The Morgan fingerprint density at radius 2 is 1.48 bits per heavy atom. The summed E-state index contributed by atoms with van der Waals surface area (Å²) in [6.45, 7) is 10.4. The van der Waals surface area contributed by atoms with E-state index in [-0.39, 0.29) is 0 Å². The average molecular weight is 282 g/mol. The fourth-order valence-corrected chi connectivity index (χ4v) is 3.03.